The summed E-state index contributed by atoms with van der Waals surface area (Å²) < 4.78 is 6.34. The third kappa shape index (κ3) is 3.84. The quantitative estimate of drug-likeness (QED) is 0.859. The summed E-state index contributed by atoms with van der Waals surface area (Å²) in [5, 5.41) is 2.69. The van der Waals surface area contributed by atoms with Crippen molar-refractivity contribution in [1.82, 2.24) is 10.2 Å². The number of ether oxygens (including phenoxy) is 1. The lowest BCUT2D eigenvalue weighted by Crippen LogP contribution is -2.48. The van der Waals surface area contributed by atoms with E-state index < -0.39 is 0 Å². The van der Waals surface area contributed by atoms with Crippen molar-refractivity contribution in [3.8, 4) is 10.4 Å². The van der Waals surface area contributed by atoms with Crippen molar-refractivity contribution in [3.63, 3.8) is 0 Å². The summed E-state index contributed by atoms with van der Waals surface area (Å²) >= 11 is 1.84. The molecule has 0 aliphatic carbocycles. The number of carbonyl (C=O) groups excluding carboxylic acids is 2. The van der Waals surface area contributed by atoms with Crippen LogP contribution in [0.2, 0.25) is 0 Å². The van der Waals surface area contributed by atoms with Gasteiger partial charge in [0.25, 0.3) is 0 Å². The van der Waals surface area contributed by atoms with Gasteiger partial charge in [0, 0.05) is 42.7 Å². The highest BCUT2D eigenvalue weighted by atomic mass is 32.1. The molecule has 5 nitrogen and oxygen atoms in total. The SMILES string of the molecule is CC(=O)NCCC(=O)N1CCC2(CC1)OCCc1cc(-c3ccccc3)sc12. The molecule has 1 aromatic carbocycles. The lowest BCUT2D eigenvalue weighted by molar-refractivity contribution is -0.140. The maximum Gasteiger partial charge on any atom is 0.224 e. The van der Waals surface area contributed by atoms with Crippen LogP contribution in [-0.4, -0.2) is 43.0 Å². The average molecular weight is 399 g/mol. The molecule has 0 bridgehead atoms. The number of hydrogen-bond donors (Lipinski definition) is 1. The maximum absolute atomic E-state index is 12.4. The number of thiophene rings is 1. The first-order valence-corrected chi connectivity index (χ1v) is 10.7. The number of benzene rings is 1. The number of piperidine rings is 1. The predicted octanol–water partition coefficient (Wildman–Crippen LogP) is 3.33. The molecule has 1 fully saturated rings. The van der Waals surface area contributed by atoms with Crippen LogP contribution < -0.4 is 5.32 Å². The van der Waals surface area contributed by atoms with E-state index >= 15 is 0 Å². The number of amides is 2. The number of nitrogens with one attached hydrogen (secondary N) is 1. The summed E-state index contributed by atoms with van der Waals surface area (Å²) in [6.45, 7) is 4.03. The van der Waals surface area contributed by atoms with E-state index in [-0.39, 0.29) is 17.4 Å². The monoisotopic (exact) mass is 398 g/mol. The molecular weight excluding hydrogens is 372 g/mol. The highest BCUT2D eigenvalue weighted by Crippen LogP contribution is 2.47. The molecule has 1 spiro atoms. The second kappa shape index (κ2) is 8.05. The van der Waals surface area contributed by atoms with Crippen LogP contribution in [0.5, 0.6) is 0 Å². The predicted molar refractivity (Wildman–Crippen MR) is 110 cm³/mol. The highest BCUT2D eigenvalue weighted by Gasteiger charge is 2.43. The van der Waals surface area contributed by atoms with Crippen molar-refractivity contribution in [3.05, 3.63) is 46.8 Å². The molecule has 2 aromatic rings. The molecule has 0 unspecified atom stereocenters. The molecule has 28 heavy (non-hydrogen) atoms. The summed E-state index contributed by atoms with van der Waals surface area (Å²) in [6.07, 6.45) is 2.98. The Morgan fingerprint density at radius 1 is 1.21 bits per heavy atom. The number of hydrogen-bond acceptors (Lipinski definition) is 4. The maximum atomic E-state index is 12.4. The Labute approximate surface area is 169 Å². The molecule has 4 rings (SSSR count). The first kappa shape index (κ1) is 19.2. The van der Waals surface area contributed by atoms with Crippen LogP contribution in [0.4, 0.5) is 0 Å². The molecule has 1 N–H and O–H groups in total. The van der Waals surface area contributed by atoms with Gasteiger partial charge in [0.2, 0.25) is 11.8 Å². The van der Waals surface area contributed by atoms with Gasteiger partial charge in [-0.2, -0.15) is 0 Å². The molecule has 0 atom stereocenters. The number of fused-ring (bicyclic) bond motifs is 2. The van der Waals surface area contributed by atoms with E-state index in [4.69, 9.17) is 4.74 Å². The van der Waals surface area contributed by atoms with Gasteiger partial charge in [-0.3, -0.25) is 9.59 Å². The van der Waals surface area contributed by atoms with E-state index in [2.05, 4.69) is 35.6 Å². The Bertz CT molecular complexity index is 854. The van der Waals surface area contributed by atoms with Gasteiger partial charge in [0.05, 0.1) is 6.61 Å². The lowest BCUT2D eigenvalue weighted by atomic mass is 9.85. The van der Waals surface area contributed by atoms with Crippen LogP contribution >= 0.6 is 11.3 Å². The molecule has 2 aliphatic rings. The molecule has 2 aliphatic heterocycles. The normalized spacial score (nSPS) is 18.0. The standard InChI is InChI=1S/C22H26N2O3S/c1-16(25)23-11-7-20(26)24-12-9-22(10-13-24)21-18(8-14-27-22)15-19(28-21)17-5-3-2-4-6-17/h2-6,15H,7-14H2,1H3,(H,23,25). The Kier molecular flexibility index (Phi) is 5.51. The number of nitrogens with zero attached hydrogens (tertiary/aromatic N) is 1. The van der Waals surface area contributed by atoms with Crippen LogP contribution in [0.3, 0.4) is 0 Å². The third-order valence-corrected chi connectivity index (χ3v) is 7.08. The van der Waals surface area contributed by atoms with Crippen LogP contribution in [0.1, 0.15) is 36.6 Å². The van der Waals surface area contributed by atoms with Crippen molar-refractivity contribution < 1.29 is 14.3 Å². The first-order valence-electron chi connectivity index (χ1n) is 9.92. The van der Waals surface area contributed by atoms with Crippen molar-refractivity contribution in [2.45, 2.75) is 38.2 Å². The molecule has 148 valence electrons. The molecule has 6 heteroatoms. The fourth-order valence-corrected chi connectivity index (χ4v) is 5.58. The minimum absolute atomic E-state index is 0.0968. The Balaban J connectivity index is 1.46. The zero-order valence-corrected chi connectivity index (χ0v) is 17.0. The van der Waals surface area contributed by atoms with Crippen LogP contribution in [0.15, 0.2) is 36.4 Å². The third-order valence-electron chi connectivity index (χ3n) is 5.67. The second-order valence-corrected chi connectivity index (χ2v) is 8.59. The number of carbonyl (C=O) groups is 2. The van der Waals surface area contributed by atoms with Crippen LogP contribution in [0.25, 0.3) is 10.4 Å². The smallest absolute Gasteiger partial charge is 0.224 e. The van der Waals surface area contributed by atoms with E-state index in [0.29, 0.717) is 26.1 Å². The minimum atomic E-state index is -0.250. The highest BCUT2D eigenvalue weighted by molar-refractivity contribution is 7.15. The topological polar surface area (TPSA) is 58.6 Å². The van der Waals surface area contributed by atoms with Crippen molar-refractivity contribution >= 4 is 23.2 Å². The molecule has 1 aromatic heterocycles. The first-order chi connectivity index (χ1) is 13.6. The largest absolute Gasteiger partial charge is 0.369 e. The van der Waals surface area contributed by atoms with E-state index in [1.165, 1.54) is 27.8 Å². The van der Waals surface area contributed by atoms with Gasteiger partial charge in [0.15, 0.2) is 0 Å². The average Bonchev–Trinajstić information content (AvgIpc) is 3.15. The van der Waals surface area contributed by atoms with E-state index in [1.807, 2.05) is 22.3 Å². The fourth-order valence-electron chi connectivity index (χ4n) is 4.16. The number of likely N-dealkylation sites (tertiary alicyclic amines) is 1. The van der Waals surface area contributed by atoms with Crippen molar-refractivity contribution in [2.24, 2.45) is 0 Å². The molecule has 1 saturated heterocycles. The number of rotatable bonds is 4. The second-order valence-electron chi connectivity index (χ2n) is 7.54. The molecule has 0 saturated carbocycles. The van der Waals surface area contributed by atoms with Gasteiger partial charge in [0.1, 0.15) is 5.60 Å². The minimum Gasteiger partial charge on any atom is -0.369 e. The molecule has 3 heterocycles. The van der Waals surface area contributed by atoms with Crippen LogP contribution in [-0.2, 0) is 26.3 Å². The fraction of sp³-hybridized carbons (Fsp3) is 0.455. The Morgan fingerprint density at radius 3 is 2.68 bits per heavy atom. The zero-order valence-electron chi connectivity index (χ0n) is 16.2. The van der Waals surface area contributed by atoms with Gasteiger partial charge in [-0.25, -0.2) is 0 Å². The summed E-state index contributed by atoms with van der Waals surface area (Å²) in [4.78, 5) is 28.0. The van der Waals surface area contributed by atoms with Crippen molar-refractivity contribution in [2.75, 3.05) is 26.2 Å². The Hall–Kier alpha value is -2.18. The van der Waals surface area contributed by atoms with Gasteiger partial charge in [-0.1, -0.05) is 30.3 Å². The lowest BCUT2D eigenvalue weighted by Gasteiger charge is -2.43. The Morgan fingerprint density at radius 2 is 1.96 bits per heavy atom. The van der Waals surface area contributed by atoms with Crippen LogP contribution in [0, 0.1) is 0 Å². The van der Waals surface area contributed by atoms with Gasteiger partial charge in [-0.05, 0) is 36.5 Å². The molecular formula is C22H26N2O3S. The zero-order chi connectivity index (χ0) is 19.6. The van der Waals surface area contributed by atoms with Crippen molar-refractivity contribution in [1.29, 1.82) is 0 Å². The molecule has 2 amide bonds. The summed E-state index contributed by atoms with van der Waals surface area (Å²) in [6, 6.07) is 12.8. The summed E-state index contributed by atoms with van der Waals surface area (Å²) in [7, 11) is 0. The summed E-state index contributed by atoms with van der Waals surface area (Å²) in [5.74, 6) is 0.0104. The van der Waals surface area contributed by atoms with Gasteiger partial charge >= 0.3 is 0 Å². The van der Waals surface area contributed by atoms with E-state index in [9.17, 15) is 9.59 Å². The van der Waals surface area contributed by atoms with E-state index in [0.717, 1.165) is 25.9 Å². The summed E-state index contributed by atoms with van der Waals surface area (Å²) in [5.41, 5.74) is 2.41. The van der Waals surface area contributed by atoms with Gasteiger partial charge < -0.3 is 15.0 Å². The van der Waals surface area contributed by atoms with E-state index in [1.54, 1.807) is 0 Å². The van der Waals surface area contributed by atoms with Gasteiger partial charge in [-0.15, -0.1) is 11.3 Å². The molecule has 0 radical (unpaired) electrons.